The summed E-state index contributed by atoms with van der Waals surface area (Å²) >= 11 is 0. The SMILES string of the molecule is COC(=O)CNc1cccc(C(=O)NCCc2c3n(c4ccccc24)C(=O)CCC3)c1.Cl. The Morgan fingerprint density at radius 3 is 2.72 bits per heavy atom. The maximum absolute atomic E-state index is 12.6. The van der Waals surface area contributed by atoms with Gasteiger partial charge in [0.1, 0.15) is 6.54 Å². The monoisotopic (exact) mass is 455 g/mol. The Hall–Kier alpha value is -3.32. The summed E-state index contributed by atoms with van der Waals surface area (Å²) in [7, 11) is 1.33. The van der Waals surface area contributed by atoms with Crippen molar-refractivity contribution >= 4 is 46.8 Å². The normalized spacial score (nSPS) is 12.6. The van der Waals surface area contributed by atoms with E-state index < -0.39 is 0 Å². The molecule has 32 heavy (non-hydrogen) atoms. The zero-order valence-electron chi connectivity index (χ0n) is 17.8. The Bertz CT molecular complexity index is 1160. The van der Waals surface area contributed by atoms with Crippen LogP contribution >= 0.6 is 12.4 Å². The topological polar surface area (TPSA) is 89.4 Å². The molecule has 2 aromatic carbocycles. The fraction of sp³-hybridized carbons (Fsp3) is 0.292. The molecule has 1 aliphatic rings. The number of para-hydroxylation sites is 1. The molecule has 4 rings (SSSR count). The molecule has 0 radical (unpaired) electrons. The number of halogens is 1. The number of anilines is 1. The Morgan fingerprint density at radius 1 is 1.09 bits per heavy atom. The lowest BCUT2D eigenvalue weighted by Gasteiger charge is -2.16. The number of carbonyl (C=O) groups excluding carboxylic acids is 3. The van der Waals surface area contributed by atoms with Gasteiger partial charge in [0.15, 0.2) is 0 Å². The van der Waals surface area contributed by atoms with E-state index in [2.05, 4.69) is 15.4 Å². The van der Waals surface area contributed by atoms with Crippen molar-refractivity contribution in [2.24, 2.45) is 0 Å². The lowest BCUT2D eigenvalue weighted by molar-refractivity contribution is -0.138. The van der Waals surface area contributed by atoms with Crippen LogP contribution in [-0.2, 0) is 22.4 Å². The Morgan fingerprint density at radius 2 is 1.91 bits per heavy atom. The Balaban J connectivity index is 0.00000289. The van der Waals surface area contributed by atoms with Gasteiger partial charge in [-0.05, 0) is 49.1 Å². The van der Waals surface area contributed by atoms with E-state index in [1.807, 2.05) is 28.8 Å². The smallest absolute Gasteiger partial charge is 0.325 e. The molecule has 3 aromatic rings. The molecule has 1 aromatic heterocycles. The summed E-state index contributed by atoms with van der Waals surface area (Å²) in [6, 6.07) is 14.9. The number of amides is 1. The van der Waals surface area contributed by atoms with Gasteiger partial charge >= 0.3 is 5.97 Å². The summed E-state index contributed by atoms with van der Waals surface area (Å²) in [6.07, 6.45) is 2.96. The van der Waals surface area contributed by atoms with Gasteiger partial charge < -0.3 is 15.4 Å². The summed E-state index contributed by atoms with van der Waals surface area (Å²) in [6.45, 7) is 0.501. The zero-order chi connectivity index (χ0) is 21.8. The molecule has 0 atom stereocenters. The summed E-state index contributed by atoms with van der Waals surface area (Å²) in [4.78, 5) is 36.4. The number of nitrogens with one attached hydrogen (secondary N) is 2. The Kier molecular flexibility index (Phi) is 7.53. The summed E-state index contributed by atoms with van der Waals surface area (Å²) < 4.78 is 6.46. The van der Waals surface area contributed by atoms with Crippen LogP contribution in [0.5, 0.6) is 0 Å². The van der Waals surface area contributed by atoms with Gasteiger partial charge in [-0.2, -0.15) is 0 Å². The van der Waals surface area contributed by atoms with Gasteiger partial charge in [0, 0.05) is 35.3 Å². The highest BCUT2D eigenvalue weighted by Crippen LogP contribution is 2.31. The first-order chi connectivity index (χ1) is 15.1. The van der Waals surface area contributed by atoms with Crippen molar-refractivity contribution in [3.63, 3.8) is 0 Å². The molecule has 0 unspecified atom stereocenters. The van der Waals surface area contributed by atoms with Gasteiger partial charge in [0.05, 0.1) is 12.6 Å². The van der Waals surface area contributed by atoms with Crippen molar-refractivity contribution in [1.29, 1.82) is 0 Å². The first kappa shape index (κ1) is 23.3. The molecule has 0 fully saturated rings. The van der Waals surface area contributed by atoms with E-state index in [4.69, 9.17) is 0 Å². The van der Waals surface area contributed by atoms with E-state index in [0.717, 1.165) is 35.0 Å². The molecule has 0 spiro atoms. The molecule has 168 valence electrons. The number of carbonyl (C=O) groups is 3. The number of ether oxygens (including phenoxy) is 1. The predicted octanol–water partition coefficient (Wildman–Crippen LogP) is 3.60. The molecule has 0 bridgehead atoms. The third kappa shape index (κ3) is 4.78. The molecule has 2 heterocycles. The van der Waals surface area contributed by atoms with Crippen LogP contribution in [0.4, 0.5) is 5.69 Å². The zero-order valence-corrected chi connectivity index (χ0v) is 18.7. The number of aromatic nitrogens is 1. The van der Waals surface area contributed by atoms with E-state index >= 15 is 0 Å². The number of fused-ring (bicyclic) bond motifs is 3. The van der Waals surface area contributed by atoms with Crippen LogP contribution in [0.3, 0.4) is 0 Å². The largest absolute Gasteiger partial charge is 0.468 e. The van der Waals surface area contributed by atoms with Crippen LogP contribution in [0.2, 0.25) is 0 Å². The van der Waals surface area contributed by atoms with E-state index in [-0.39, 0.29) is 36.7 Å². The van der Waals surface area contributed by atoms with Gasteiger partial charge in [-0.25, -0.2) is 0 Å². The lowest BCUT2D eigenvalue weighted by Crippen LogP contribution is -2.26. The van der Waals surface area contributed by atoms with Crippen molar-refractivity contribution in [3.05, 3.63) is 65.4 Å². The third-order valence-corrected chi connectivity index (χ3v) is 5.59. The minimum absolute atomic E-state index is 0. The Labute approximate surface area is 192 Å². The molecule has 0 saturated heterocycles. The van der Waals surface area contributed by atoms with Crippen LogP contribution in [0.15, 0.2) is 48.5 Å². The molecule has 7 nitrogen and oxygen atoms in total. The number of esters is 1. The maximum Gasteiger partial charge on any atom is 0.325 e. The van der Waals surface area contributed by atoms with E-state index in [1.54, 1.807) is 24.3 Å². The highest BCUT2D eigenvalue weighted by Gasteiger charge is 2.24. The van der Waals surface area contributed by atoms with E-state index in [0.29, 0.717) is 30.6 Å². The molecular formula is C24H26ClN3O4. The number of hydrogen-bond acceptors (Lipinski definition) is 5. The van der Waals surface area contributed by atoms with Crippen molar-refractivity contribution in [2.45, 2.75) is 25.7 Å². The molecule has 8 heteroatoms. The first-order valence-electron chi connectivity index (χ1n) is 10.4. The molecule has 1 amide bonds. The van der Waals surface area contributed by atoms with Crippen molar-refractivity contribution < 1.29 is 19.1 Å². The average Bonchev–Trinajstić information content (AvgIpc) is 3.12. The van der Waals surface area contributed by atoms with Gasteiger partial charge in [0.2, 0.25) is 5.91 Å². The van der Waals surface area contributed by atoms with E-state index in [9.17, 15) is 14.4 Å². The molecule has 0 aliphatic carbocycles. The third-order valence-electron chi connectivity index (χ3n) is 5.59. The average molecular weight is 456 g/mol. The second-order valence-electron chi connectivity index (χ2n) is 7.54. The molecule has 2 N–H and O–H groups in total. The number of nitrogens with zero attached hydrogens (tertiary/aromatic N) is 1. The van der Waals surface area contributed by atoms with Crippen molar-refractivity contribution in [1.82, 2.24) is 9.88 Å². The summed E-state index contributed by atoms with van der Waals surface area (Å²) in [5.74, 6) is -0.421. The van der Waals surface area contributed by atoms with Crippen LogP contribution in [0.1, 0.15) is 39.3 Å². The standard InChI is InChI=1S/C24H25N3O4.ClH/c1-31-23(29)15-26-17-7-4-6-16(14-17)24(30)25-13-12-19-18-8-2-3-9-20(18)27-21(19)10-5-11-22(27)28;/h2-4,6-9,14,26H,5,10-13,15H2,1H3,(H,25,30);1H. The molecule has 0 saturated carbocycles. The highest BCUT2D eigenvalue weighted by atomic mass is 35.5. The van der Waals surface area contributed by atoms with Gasteiger partial charge in [-0.1, -0.05) is 24.3 Å². The van der Waals surface area contributed by atoms with E-state index in [1.165, 1.54) is 7.11 Å². The lowest BCUT2D eigenvalue weighted by atomic mass is 10.0. The maximum atomic E-state index is 12.6. The molecule has 1 aliphatic heterocycles. The summed E-state index contributed by atoms with van der Waals surface area (Å²) in [5, 5.41) is 6.99. The van der Waals surface area contributed by atoms with Crippen molar-refractivity contribution in [2.75, 3.05) is 25.5 Å². The van der Waals surface area contributed by atoms with Crippen molar-refractivity contribution in [3.8, 4) is 0 Å². The second kappa shape index (κ2) is 10.3. The number of rotatable bonds is 7. The molecular weight excluding hydrogens is 430 g/mol. The predicted molar refractivity (Wildman–Crippen MR) is 126 cm³/mol. The van der Waals surface area contributed by atoms with Gasteiger partial charge in [-0.3, -0.25) is 19.0 Å². The minimum Gasteiger partial charge on any atom is -0.468 e. The van der Waals surface area contributed by atoms with Crippen LogP contribution in [0.25, 0.3) is 10.9 Å². The quantitative estimate of drug-likeness (QED) is 0.531. The van der Waals surface area contributed by atoms with Crippen LogP contribution in [-0.4, -0.2) is 42.6 Å². The van der Waals surface area contributed by atoms with Crippen LogP contribution in [0, 0.1) is 0 Å². The number of hydrogen-bond donors (Lipinski definition) is 2. The highest BCUT2D eigenvalue weighted by molar-refractivity contribution is 5.97. The minimum atomic E-state index is -0.378. The fourth-order valence-corrected chi connectivity index (χ4v) is 4.12. The van der Waals surface area contributed by atoms with Gasteiger partial charge in [0.25, 0.3) is 5.91 Å². The first-order valence-corrected chi connectivity index (χ1v) is 10.4. The van der Waals surface area contributed by atoms with Crippen LogP contribution < -0.4 is 10.6 Å². The van der Waals surface area contributed by atoms with Gasteiger partial charge in [-0.15, -0.1) is 12.4 Å². The number of methoxy groups -OCH3 is 1. The summed E-state index contributed by atoms with van der Waals surface area (Å²) in [5.41, 5.74) is 4.34. The second-order valence-corrected chi connectivity index (χ2v) is 7.54. The number of benzene rings is 2. The fourth-order valence-electron chi connectivity index (χ4n) is 4.12.